The predicted molar refractivity (Wildman–Crippen MR) is 143 cm³/mol. The van der Waals surface area contributed by atoms with Gasteiger partial charge in [-0.25, -0.2) is 9.59 Å². The molecule has 0 bridgehead atoms. The van der Waals surface area contributed by atoms with Crippen LogP contribution in [0.3, 0.4) is 0 Å². The molecule has 244 valence electrons. The van der Waals surface area contributed by atoms with E-state index in [0.717, 1.165) is 57.2 Å². The molecule has 2 aliphatic heterocycles. The van der Waals surface area contributed by atoms with Crippen molar-refractivity contribution in [3.05, 3.63) is 47.8 Å². The van der Waals surface area contributed by atoms with Gasteiger partial charge >= 0.3 is 24.3 Å². The minimum absolute atomic E-state index is 0.192. The smallest absolute Gasteiger partial charge is 0.490 e. The molecule has 10 nitrogen and oxygen atoms in total. The van der Waals surface area contributed by atoms with Gasteiger partial charge in [0, 0.05) is 57.6 Å². The van der Waals surface area contributed by atoms with E-state index in [2.05, 4.69) is 33.1 Å². The molecule has 1 aromatic heterocycles. The molecule has 2 saturated heterocycles. The van der Waals surface area contributed by atoms with Gasteiger partial charge in [0.25, 0.3) is 0 Å². The number of carbonyl (C=O) groups excluding carboxylic acids is 1. The zero-order chi connectivity index (χ0) is 32.9. The maximum Gasteiger partial charge on any atom is 0.490 e. The number of nitrogens with zero attached hydrogens (tertiary/aromatic N) is 4. The molecule has 44 heavy (non-hydrogen) atoms. The lowest BCUT2D eigenvalue weighted by molar-refractivity contribution is -0.193. The monoisotopic (exact) mass is 636 g/mol. The lowest BCUT2D eigenvalue weighted by Crippen LogP contribution is -2.52. The van der Waals surface area contributed by atoms with E-state index < -0.39 is 24.3 Å². The number of benzene rings is 1. The molecule has 5 rings (SSSR count). The summed E-state index contributed by atoms with van der Waals surface area (Å²) < 4.78 is 70.7. The highest BCUT2D eigenvalue weighted by Crippen LogP contribution is 2.50. The van der Waals surface area contributed by atoms with E-state index in [1.54, 1.807) is 7.11 Å². The van der Waals surface area contributed by atoms with E-state index in [1.807, 2.05) is 30.1 Å². The van der Waals surface area contributed by atoms with E-state index in [9.17, 15) is 31.1 Å². The second-order valence-electron chi connectivity index (χ2n) is 11.0. The summed E-state index contributed by atoms with van der Waals surface area (Å²) in [7, 11) is 3.70. The molecule has 3 heterocycles. The van der Waals surface area contributed by atoms with Crippen LogP contribution in [-0.2, 0) is 28.0 Å². The number of aromatic nitrogens is 2. The van der Waals surface area contributed by atoms with Crippen molar-refractivity contribution in [1.29, 1.82) is 0 Å². The molecule has 1 aromatic carbocycles. The van der Waals surface area contributed by atoms with E-state index in [-0.39, 0.29) is 11.3 Å². The standard InChI is InChI=1S/C24H32N4O2.2C2HF3O2/c1-26-22(10-12-25-26)21-16-27(14-18-6-8-20(30-2)9-7-18)17-24(21)11-3-13-28(23(24)29)15-19-4-5-19;2*3-2(4,5)1(6)7/h6-10,12,19,21H,3-5,11,13-17H2,1-2H3;2*(H,6,7)/t21-,24+;;/m0../s1. The second-order valence-corrected chi connectivity index (χ2v) is 11.0. The summed E-state index contributed by atoms with van der Waals surface area (Å²) in [4.78, 5) is 36.3. The van der Waals surface area contributed by atoms with Crippen molar-refractivity contribution in [2.24, 2.45) is 18.4 Å². The average Bonchev–Trinajstić information content (AvgIpc) is 3.55. The molecular formula is C28H34F6N4O6. The molecule has 2 aromatic rings. The van der Waals surface area contributed by atoms with Crippen LogP contribution in [0.25, 0.3) is 0 Å². The van der Waals surface area contributed by atoms with Gasteiger partial charge in [0.1, 0.15) is 5.75 Å². The van der Waals surface area contributed by atoms with Gasteiger partial charge in [-0.1, -0.05) is 12.1 Å². The Kier molecular flexibility index (Phi) is 10.9. The summed E-state index contributed by atoms with van der Waals surface area (Å²) in [6.45, 7) is 4.46. The maximum absolute atomic E-state index is 13.9. The number of amides is 1. The zero-order valence-electron chi connectivity index (χ0n) is 24.1. The van der Waals surface area contributed by atoms with Gasteiger partial charge in [0.05, 0.1) is 12.5 Å². The Bertz CT molecular complexity index is 1270. The minimum atomic E-state index is -5.08. The number of aliphatic carboxylic acids is 2. The topological polar surface area (TPSA) is 125 Å². The van der Waals surface area contributed by atoms with Gasteiger partial charge in [-0.05, 0) is 55.4 Å². The van der Waals surface area contributed by atoms with Gasteiger partial charge < -0.3 is 19.8 Å². The number of carboxylic acids is 2. The summed E-state index contributed by atoms with van der Waals surface area (Å²) in [6.07, 6.45) is -3.66. The van der Waals surface area contributed by atoms with Gasteiger partial charge in [-0.2, -0.15) is 31.4 Å². The predicted octanol–water partition coefficient (Wildman–Crippen LogP) is 4.31. The number of methoxy groups -OCH3 is 1. The SMILES string of the molecule is COc1ccc(CN2C[C@@H](c3ccnn3C)[C@@]3(CCCN(CC4CC4)C3=O)C2)cc1.O=C(O)C(F)(F)F.O=C(O)C(F)(F)F. The van der Waals surface area contributed by atoms with Crippen LogP contribution in [0.4, 0.5) is 26.3 Å². The van der Waals surface area contributed by atoms with Crippen LogP contribution in [0.15, 0.2) is 36.5 Å². The normalized spacial score (nSPS) is 22.1. The first-order valence-electron chi connectivity index (χ1n) is 13.7. The lowest BCUT2D eigenvalue weighted by Gasteiger charge is -2.42. The Labute approximate surface area is 249 Å². The Morgan fingerprint density at radius 3 is 2.05 bits per heavy atom. The largest absolute Gasteiger partial charge is 0.497 e. The molecule has 0 unspecified atom stereocenters. The molecule has 1 amide bonds. The maximum atomic E-state index is 13.9. The van der Waals surface area contributed by atoms with Gasteiger partial charge in [0.2, 0.25) is 5.91 Å². The molecule has 2 N–H and O–H groups in total. The Morgan fingerprint density at radius 2 is 1.59 bits per heavy atom. The zero-order valence-corrected chi connectivity index (χ0v) is 24.1. The second kappa shape index (κ2) is 13.9. The Morgan fingerprint density at radius 1 is 1.02 bits per heavy atom. The van der Waals surface area contributed by atoms with E-state index in [1.165, 1.54) is 24.1 Å². The van der Waals surface area contributed by atoms with Crippen LogP contribution in [0.5, 0.6) is 5.75 Å². The molecular weight excluding hydrogens is 602 g/mol. The van der Waals surface area contributed by atoms with Crippen molar-refractivity contribution in [2.75, 3.05) is 33.3 Å². The van der Waals surface area contributed by atoms with Crippen LogP contribution in [0, 0.1) is 11.3 Å². The van der Waals surface area contributed by atoms with Crippen molar-refractivity contribution in [2.45, 2.75) is 50.5 Å². The van der Waals surface area contributed by atoms with Gasteiger partial charge in [0.15, 0.2) is 0 Å². The van der Waals surface area contributed by atoms with Crippen LogP contribution in [0.1, 0.15) is 42.9 Å². The summed E-state index contributed by atoms with van der Waals surface area (Å²) >= 11 is 0. The van der Waals surface area contributed by atoms with Gasteiger partial charge in [-0.3, -0.25) is 14.4 Å². The molecule has 1 aliphatic carbocycles. The third-order valence-corrected chi connectivity index (χ3v) is 7.82. The first kappa shape index (κ1) is 34.7. The number of aryl methyl sites for hydroxylation is 1. The molecule has 3 aliphatic rings. The lowest BCUT2D eigenvalue weighted by atomic mass is 9.70. The highest BCUT2D eigenvalue weighted by atomic mass is 19.4. The minimum Gasteiger partial charge on any atom is -0.497 e. The van der Waals surface area contributed by atoms with Gasteiger partial charge in [-0.15, -0.1) is 0 Å². The Balaban J connectivity index is 0.000000317. The summed E-state index contributed by atoms with van der Waals surface area (Å²) in [5, 5.41) is 18.7. The van der Waals surface area contributed by atoms with Crippen molar-refractivity contribution in [3.8, 4) is 5.75 Å². The number of halogens is 6. The number of alkyl halides is 6. The molecule has 1 spiro atoms. The quantitative estimate of drug-likeness (QED) is 0.450. The number of hydrogen-bond acceptors (Lipinski definition) is 6. The molecule has 1 saturated carbocycles. The number of carboxylic acid groups (broad SMARTS) is 2. The van der Waals surface area contributed by atoms with E-state index in [4.69, 9.17) is 24.5 Å². The highest BCUT2D eigenvalue weighted by Gasteiger charge is 2.56. The summed E-state index contributed by atoms with van der Waals surface area (Å²) in [5.41, 5.74) is 2.12. The number of piperidine rings is 1. The van der Waals surface area contributed by atoms with Crippen LogP contribution < -0.4 is 4.74 Å². The molecule has 16 heteroatoms. The molecule has 2 atom stereocenters. The van der Waals surface area contributed by atoms with E-state index in [0.29, 0.717) is 5.91 Å². The van der Waals surface area contributed by atoms with Crippen LogP contribution >= 0.6 is 0 Å². The van der Waals surface area contributed by atoms with E-state index >= 15 is 0 Å². The number of ether oxygens (including phenoxy) is 1. The first-order valence-corrected chi connectivity index (χ1v) is 13.7. The molecule has 3 fully saturated rings. The fourth-order valence-corrected chi connectivity index (χ4v) is 5.58. The molecule has 0 radical (unpaired) electrons. The van der Waals surface area contributed by atoms with Crippen molar-refractivity contribution >= 4 is 17.8 Å². The average molecular weight is 637 g/mol. The first-order chi connectivity index (χ1) is 20.5. The number of carbonyl (C=O) groups is 3. The van der Waals surface area contributed by atoms with Crippen LogP contribution in [0.2, 0.25) is 0 Å². The number of likely N-dealkylation sites (tertiary alicyclic amines) is 2. The number of hydrogen-bond donors (Lipinski definition) is 2. The fourth-order valence-electron chi connectivity index (χ4n) is 5.58. The third-order valence-electron chi connectivity index (χ3n) is 7.82. The summed E-state index contributed by atoms with van der Waals surface area (Å²) in [5.74, 6) is -3.33. The number of rotatable bonds is 6. The van der Waals surface area contributed by atoms with Crippen molar-refractivity contribution < 1.29 is 55.7 Å². The van der Waals surface area contributed by atoms with Crippen LogP contribution in [-0.4, -0.2) is 93.3 Å². The van der Waals surface area contributed by atoms with Crippen molar-refractivity contribution in [3.63, 3.8) is 0 Å². The fraction of sp³-hybridized carbons (Fsp3) is 0.571. The van der Waals surface area contributed by atoms with Crippen molar-refractivity contribution in [1.82, 2.24) is 19.6 Å². The highest BCUT2D eigenvalue weighted by molar-refractivity contribution is 5.85. The Hall–Kier alpha value is -3.82. The summed E-state index contributed by atoms with van der Waals surface area (Å²) in [6, 6.07) is 10.4. The third kappa shape index (κ3) is 8.86.